The molecule has 0 heterocycles. The number of ether oxygens (including phenoxy) is 1. The van der Waals surface area contributed by atoms with E-state index in [1.165, 1.54) is 42.9 Å². The number of fused-ring (bicyclic) bond motifs is 1. The standard InChI is InChI=1S/C23H32N2O2/c1-23(2,3)25-22(26)16-27-21-14-13-17-9-7-8-12-19(17)20(21)15-24-18-10-5-4-6-11-18/h7-9,12-14,18,24H,4-6,10-11,15-16H2,1-3H3,(H,25,26). The molecular weight excluding hydrogens is 336 g/mol. The van der Waals surface area contributed by atoms with Crippen molar-refractivity contribution < 1.29 is 9.53 Å². The molecule has 2 aromatic rings. The maximum atomic E-state index is 12.2. The van der Waals surface area contributed by atoms with Crippen molar-refractivity contribution in [3.8, 4) is 5.75 Å². The lowest BCUT2D eigenvalue weighted by atomic mass is 9.95. The molecule has 1 amide bonds. The minimum absolute atomic E-state index is 0.0338. The summed E-state index contributed by atoms with van der Waals surface area (Å²) in [6.45, 7) is 6.72. The van der Waals surface area contributed by atoms with E-state index in [4.69, 9.17) is 4.74 Å². The minimum atomic E-state index is -0.255. The molecule has 2 aromatic carbocycles. The zero-order chi connectivity index (χ0) is 19.3. The van der Waals surface area contributed by atoms with Crippen molar-refractivity contribution in [1.82, 2.24) is 10.6 Å². The molecule has 0 atom stereocenters. The lowest BCUT2D eigenvalue weighted by molar-refractivity contribution is -0.124. The van der Waals surface area contributed by atoms with Crippen molar-refractivity contribution in [3.05, 3.63) is 42.0 Å². The van der Waals surface area contributed by atoms with Crippen LogP contribution in [0.4, 0.5) is 0 Å². The highest BCUT2D eigenvalue weighted by Crippen LogP contribution is 2.29. The van der Waals surface area contributed by atoms with Crippen LogP contribution in [0.25, 0.3) is 10.8 Å². The molecule has 146 valence electrons. The Morgan fingerprint density at radius 3 is 2.56 bits per heavy atom. The number of hydrogen-bond donors (Lipinski definition) is 2. The third kappa shape index (κ3) is 5.70. The number of carbonyl (C=O) groups excluding carboxylic acids is 1. The van der Waals surface area contributed by atoms with Gasteiger partial charge in [0, 0.05) is 23.7 Å². The molecule has 0 saturated heterocycles. The Morgan fingerprint density at radius 2 is 1.81 bits per heavy atom. The Morgan fingerprint density at radius 1 is 1.07 bits per heavy atom. The Hall–Kier alpha value is -2.07. The van der Waals surface area contributed by atoms with Gasteiger partial charge in [0.1, 0.15) is 5.75 Å². The van der Waals surface area contributed by atoms with E-state index in [1.54, 1.807) is 0 Å². The van der Waals surface area contributed by atoms with Crippen molar-refractivity contribution in [2.75, 3.05) is 6.61 Å². The fourth-order valence-corrected chi connectivity index (χ4v) is 3.78. The Labute approximate surface area is 162 Å². The van der Waals surface area contributed by atoms with E-state index >= 15 is 0 Å². The van der Waals surface area contributed by atoms with E-state index in [9.17, 15) is 4.79 Å². The van der Waals surface area contributed by atoms with E-state index in [-0.39, 0.29) is 18.1 Å². The molecule has 0 unspecified atom stereocenters. The topological polar surface area (TPSA) is 50.4 Å². The van der Waals surface area contributed by atoms with Crippen LogP contribution in [0.1, 0.15) is 58.4 Å². The van der Waals surface area contributed by atoms with Gasteiger partial charge in [0.05, 0.1) is 0 Å². The smallest absolute Gasteiger partial charge is 0.258 e. The lowest BCUT2D eigenvalue weighted by Crippen LogP contribution is -2.43. The SMILES string of the molecule is CC(C)(C)NC(=O)COc1ccc2ccccc2c1CNC1CCCCC1. The second-order valence-corrected chi connectivity index (χ2v) is 8.57. The average molecular weight is 369 g/mol. The van der Waals surface area contributed by atoms with Crippen LogP contribution in [-0.2, 0) is 11.3 Å². The minimum Gasteiger partial charge on any atom is -0.483 e. The normalized spacial score (nSPS) is 15.7. The second-order valence-electron chi connectivity index (χ2n) is 8.57. The first kappa shape index (κ1) is 19.7. The Kier molecular flexibility index (Phi) is 6.38. The van der Waals surface area contributed by atoms with Crippen LogP contribution in [0, 0.1) is 0 Å². The van der Waals surface area contributed by atoms with Gasteiger partial charge in [-0.1, -0.05) is 49.6 Å². The van der Waals surface area contributed by atoms with Gasteiger partial charge in [-0.2, -0.15) is 0 Å². The van der Waals surface area contributed by atoms with Crippen LogP contribution in [0.5, 0.6) is 5.75 Å². The van der Waals surface area contributed by atoms with E-state index < -0.39 is 0 Å². The van der Waals surface area contributed by atoms with Crippen molar-refractivity contribution in [3.63, 3.8) is 0 Å². The molecule has 2 N–H and O–H groups in total. The van der Waals surface area contributed by atoms with Crippen LogP contribution >= 0.6 is 0 Å². The van der Waals surface area contributed by atoms with Gasteiger partial charge in [-0.3, -0.25) is 4.79 Å². The molecule has 4 nitrogen and oxygen atoms in total. The average Bonchev–Trinajstić information content (AvgIpc) is 2.64. The van der Waals surface area contributed by atoms with Gasteiger partial charge < -0.3 is 15.4 Å². The maximum Gasteiger partial charge on any atom is 0.258 e. The summed E-state index contributed by atoms with van der Waals surface area (Å²) in [6.07, 6.45) is 6.46. The van der Waals surface area contributed by atoms with Crippen molar-refractivity contribution in [2.45, 2.75) is 71.0 Å². The summed E-state index contributed by atoms with van der Waals surface area (Å²) >= 11 is 0. The quantitative estimate of drug-likeness (QED) is 0.786. The molecule has 1 aliphatic carbocycles. The number of rotatable bonds is 6. The van der Waals surface area contributed by atoms with Crippen molar-refractivity contribution in [2.24, 2.45) is 0 Å². The van der Waals surface area contributed by atoms with E-state index in [0.717, 1.165) is 17.9 Å². The van der Waals surface area contributed by atoms with Crippen LogP contribution in [0.2, 0.25) is 0 Å². The molecular formula is C23H32N2O2. The van der Waals surface area contributed by atoms with Gasteiger partial charge in [-0.15, -0.1) is 0 Å². The molecule has 0 spiro atoms. The van der Waals surface area contributed by atoms with Crippen LogP contribution in [-0.4, -0.2) is 24.1 Å². The first-order valence-electron chi connectivity index (χ1n) is 10.1. The summed E-state index contributed by atoms with van der Waals surface area (Å²) in [7, 11) is 0. The highest BCUT2D eigenvalue weighted by Gasteiger charge is 2.17. The fraction of sp³-hybridized carbons (Fsp3) is 0.522. The van der Waals surface area contributed by atoms with Gasteiger partial charge in [0.15, 0.2) is 6.61 Å². The second kappa shape index (κ2) is 8.75. The summed E-state index contributed by atoms with van der Waals surface area (Å²) in [5.74, 6) is 0.697. The van der Waals surface area contributed by atoms with Crippen LogP contribution < -0.4 is 15.4 Å². The van der Waals surface area contributed by atoms with Gasteiger partial charge >= 0.3 is 0 Å². The summed E-state index contributed by atoms with van der Waals surface area (Å²) in [5, 5.41) is 9.05. The molecule has 0 radical (unpaired) electrons. The Bertz CT molecular complexity index is 774. The monoisotopic (exact) mass is 368 g/mol. The van der Waals surface area contributed by atoms with Crippen molar-refractivity contribution >= 4 is 16.7 Å². The van der Waals surface area contributed by atoms with Crippen molar-refractivity contribution in [1.29, 1.82) is 0 Å². The predicted molar refractivity (Wildman–Crippen MR) is 111 cm³/mol. The van der Waals surface area contributed by atoms with Gasteiger partial charge in [0.25, 0.3) is 5.91 Å². The molecule has 1 aliphatic rings. The molecule has 0 aromatic heterocycles. The number of carbonyl (C=O) groups is 1. The van der Waals surface area contributed by atoms with E-state index in [2.05, 4.69) is 41.0 Å². The molecule has 0 aliphatic heterocycles. The first-order chi connectivity index (χ1) is 12.9. The fourth-order valence-electron chi connectivity index (χ4n) is 3.78. The molecule has 4 heteroatoms. The molecule has 1 fully saturated rings. The number of nitrogens with one attached hydrogen (secondary N) is 2. The third-order valence-corrected chi connectivity index (χ3v) is 5.04. The lowest BCUT2D eigenvalue weighted by Gasteiger charge is -2.24. The van der Waals surface area contributed by atoms with Gasteiger partial charge in [-0.05, 0) is 50.5 Å². The molecule has 27 heavy (non-hydrogen) atoms. The number of amides is 1. The van der Waals surface area contributed by atoms with Crippen LogP contribution in [0.3, 0.4) is 0 Å². The predicted octanol–water partition coefficient (Wildman–Crippen LogP) is 4.56. The van der Waals surface area contributed by atoms with E-state index in [1.807, 2.05) is 26.8 Å². The largest absolute Gasteiger partial charge is 0.483 e. The van der Waals surface area contributed by atoms with Gasteiger partial charge in [-0.25, -0.2) is 0 Å². The third-order valence-electron chi connectivity index (χ3n) is 5.04. The molecule has 3 rings (SSSR count). The number of benzene rings is 2. The summed E-state index contributed by atoms with van der Waals surface area (Å²) < 4.78 is 5.94. The first-order valence-corrected chi connectivity index (χ1v) is 10.1. The summed E-state index contributed by atoms with van der Waals surface area (Å²) in [4.78, 5) is 12.2. The number of hydrogen-bond acceptors (Lipinski definition) is 3. The molecule has 0 bridgehead atoms. The molecule has 1 saturated carbocycles. The summed E-state index contributed by atoms with van der Waals surface area (Å²) in [5.41, 5.74) is 0.886. The zero-order valence-electron chi connectivity index (χ0n) is 16.8. The van der Waals surface area contributed by atoms with Gasteiger partial charge in [0.2, 0.25) is 0 Å². The Balaban J connectivity index is 1.75. The highest BCUT2D eigenvalue weighted by molar-refractivity contribution is 5.88. The van der Waals surface area contributed by atoms with Crippen LogP contribution in [0.15, 0.2) is 36.4 Å². The highest BCUT2D eigenvalue weighted by atomic mass is 16.5. The summed E-state index contributed by atoms with van der Waals surface area (Å²) in [6, 6.07) is 13.0. The van der Waals surface area contributed by atoms with E-state index in [0.29, 0.717) is 6.04 Å². The zero-order valence-corrected chi connectivity index (χ0v) is 16.8. The maximum absolute atomic E-state index is 12.2.